The van der Waals surface area contributed by atoms with E-state index < -0.39 is 0 Å². The molecule has 0 amide bonds. The Morgan fingerprint density at radius 1 is 1.11 bits per heavy atom. The van der Waals surface area contributed by atoms with Crippen LogP contribution >= 0.6 is 0 Å². The maximum atomic E-state index is 12.7. The van der Waals surface area contributed by atoms with Crippen LogP contribution in [0.15, 0.2) is 35.6 Å². The zero-order valence-corrected chi connectivity index (χ0v) is 16.2. The van der Waals surface area contributed by atoms with Crippen molar-refractivity contribution in [2.24, 2.45) is 13.0 Å². The molecule has 28 heavy (non-hydrogen) atoms. The van der Waals surface area contributed by atoms with Gasteiger partial charge in [0, 0.05) is 45.5 Å². The van der Waals surface area contributed by atoms with Crippen LogP contribution in [-0.4, -0.2) is 55.4 Å². The minimum atomic E-state index is 0.0805. The first-order chi connectivity index (χ1) is 13.7. The molecule has 1 saturated carbocycles. The predicted molar refractivity (Wildman–Crippen MR) is 107 cm³/mol. The monoisotopic (exact) mass is 379 g/mol. The van der Waals surface area contributed by atoms with E-state index >= 15 is 0 Å². The van der Waals surface area contributed by atoms with Crippen molar-refractivity contribution in [3.8, 4) is 0 Å². The number of aryl methyl sites for hydroxylation is 1. The molecule has 1 aliphatic carbocycles. The molecule has 3 heterocycles. The van der Waals surface area contributed by atoms with Gasteiger partial charge in [-0.3, -0.25) is 14.3 Å². The van der Waals surface area contributed by atoms with Crippen LogP contribution in [-0.2, 0) is 20.1 Å². The minimum Gasteiger partial charge on any atom is -0.369 e. The number of rotatable bonds is 5. The van der Waals surface area contributed by atoms with Crippen LogP contribution in [0.2, 0.25) is 0 Å². The zero-order valence-electron chi connectivity index (χ0n) is 16.2. The van der Waals surface area contributed by atoms with Gasteiger partial charge in [-0.15, -0.1) is 10.2 Å². The summed E-state index contributed by atoms with van der Waals surface area (Å²) in [4.78, 5) is 22.0. The highest BCUT2D eigenvalue weighted by atomic mass is 16.1. The molecule has 2 aromatic heterocycles. The minimum absolute atomic E-state index is 0.0805. The molecule has 0 unspecified atom stereocenters. The van der Waals surface area contributed by atoms with E-state index in [1.807, 2.05) is 17.7 Å². The SMILES string of the molecule is Cn1cnnc1CN1CCN(c2ccc3c(=O)n(CC4CC4)cnc3c2)CC1. The van der Waals surface area contributed by atoms with E-state index in [-0.39, 0.29) is 5.56 Å². The fraction of sp³-hybridized carbons (Fsp3) is 0.500. The average Bonchev–Trinajstić information content (AvgIpc) is 3.45. The third-order valence-electron chi connectivity index (χ3n) is 5.87. The molecule has 1 saturated heterocycles. The highest BCUT2D eigenvalue weighted by Crippen LogP contribution is 2.30. The Labute approximate surface area is 163 Å². The molecule has 0 atom stereocenters. The van der Waals surface area contributed by atoms with Crippen LogP contribution in [0.4, 0.5) is 5.69 Å². The van der Waals surface area contributed by atoms with Gasteiger partial charge in [0.2, 0.25) is 0 Å². The molecule has 2 fully saturated rings. The van der Waals surface area contributed by atoms with Crippen molar-refractivity contribution in [1.29, 1.82) is 0 Å². The maximum absolute atomic E-state index is 12.7. The Bertz CT molecular complexity index is 1040. The average molecular weight is 379 g/mol. The van der Waals surface area contributed by atoms with Gasteiger partial charge in [-0.05, 0) is 37.0 Å². The quantitative estimate of drug-likeness (QED) is 0.665. The molecule has 2 aliphatic rings. The van der Waals surface area contributed by atoms with Gasteiger partial charge in [0.05, 0.1) is 23.8 Å². The van der Waals surface area contributed by atoms with Crippen LogP contribution in [0.1, 0.15) is 18.7 Å². The molecule has 1 aliphatic heterocycles. The Morgan fingerprint density at radius 3 is 2.64 bits per heavy atom. The normalized spacial score (nSPS) is 18.1. The molecule has 8 heteroatoms. The van der Waals surface area contributed by atoms with Crippen molar-refractivity contribution in [1.82, 2.24) is 29.2 Å². The first-order valence-corrected chi connectivity index (χ1v) is 9.97. The van der Waals surface area contributed by atoms with E-state index in [1.54, 1.807) is 17.2 Å². The Hall–Kier alpha value is -2.74. The Morgan fingerprint density at radius 2 is 1.93 bits per heavy atom. The third-order valence-corrected chi connectivity index (χ3v) is 5.87. The van der Waals surface area contributed by atoms with Gasteiger partial charge in [-0.1, -0.05) is 0 Å². The number of hydrogen-bond donors (Lipinski definition) is 0. The molecule has 8 nitrogen and oxygen atoms in total. The van der Waals surface area contributed by atoms with Gasteiger partial charge < -0.3 is 9.47 Å². The van der Waals surface area contributed by atoms with E-state index in [0.717, 1.165) is 56.3 Å². The van der Waals surface area contributed by atoms with Gasteiger partial charge in [-0.25, -0.2) is 4.98 Å². The zero-order chi connectivity index (χ0) is 19.1. The maximum Gasteiger partial charge on any atom is 0.261 e. The van der Waals surface area contributed by atoms with Crippen molar-refractivity contribution in [2.75, 3.05) is 31.1 Å². The summed E-state index contributed by atoms with van der Waals surface area (Å²) in [5.41, 5.74) is 2.01. The van der Waals surface area contributed by atoms with Crippen molar-refractivity contribution < 1.29 is 0 Å². The molecule has 1 aromatic carbocycles. The van der Waals surface area contributed by atoms with E-state index in [2.05, 4.69) is 37.1 Å². The molecular weight excluding hydrogens is 354 g/mol. The van der Waals surface area contributed by atoms with Gasteiger partial charge in [0.15, 0.2) is 0 Å². The highest BCUT2D eigenvalue weighted by molar-refractivity contribution is 5.81. The Kier molecular flexibility index (Phi) is 4.35. The molecule has 5 rings (SSSR count). The summed E-state index contributed by atoms with van der Waals surface area (Å²) >= 11 is 0. The number of anilines is 1. The first-order valence-electron chi connectivity index (χ1n) is 9.97. The van der Waals surface area contributed by atoms with Crippen molar-refractivity contribution in [2.45, 2.75) is 25.9 Å². The molecule has 3 aromatic rings. The summed E-state index contributed by atoms with van der Waals surface area (Å²) in [5.74, 6) is 1.65. The van der Waals surface area contributed by atoms with Crippen molar-refractivity contribution >= 4 is 16.6 Å². The van der Waals surface area contributed by atoms with E-state index in [9.17, 15) is 4.79 Å². The van der Waals surface area contributed by atoms with Crippen LogP contribution in [0.25, 0.3) is 10.9 Å². The number of nitrogens with zero attached hydrogens (tertiary/aromatic N) is 7. The molecule has 0 N–H and O–H groups in total. The summed E-state index contributed by atoms with van der Waals surface area (Å²) in [5, 5.41) is 8.84. The van der Waals surface area contributed by atoms with Crippen LogP contribution < -0.4 is 10.5 Å². The third kappa shape index (κ3) is 3.40. The second kappa shape index (κ2) is 7.01. The number of hydrogen-bond acceptors (Lipinski definition) is 6. The van der Waals surface area contributed by atoms with Gasteiger partial charge in [0.1, 0.15) is 12.2 Å². The summed E-state index contributed by atoms with van der Waals surface area (Å²) in [7, 11) is 1.98. The van der Waals surface area contributed by atoms with E-state index in [1.165, 1.54) is 12.8 Å². The van der Waals surface area contributed by atoms with Gasteiger partial charge in [-0.2, -0.15) is 0 Å². The number of piperazine rings is 1. The molecule has 0 spiro atoms. The summed E-state index contributed by atoms with van der Waals surface area (Å²) < 4.78 is 3.74. The molecular formula is C20H25N7O. The lowest BCUT2D eigenvalue weighted by atomic mass is 10.2. The van der Waals surface area contributed by atoms with Crippen molar-refractivity contribution in [3.63, 3.8) is 0 Å². The predicted octanol–water partition coefficient (Wildman–Crippen LogP) is 1.26. The fourth-order valence-corrected chi connectivity index (χ4v) is 3.87. The first kappa shape index (κ1) is 17.4. The fourth-order valence-electron chi connectivity index (χ4n) is 3.87. The van der Waals surface area contributed by atoms with Gasteiger partial charge >= 0.3 is 0 Å². The number of aromatic nitrogens is 5. The second-order valence-corrected chi connectivity index (χ2v) is 7.97. The van der Waals surface area contributed by atoms with E-state index in [0.29, 0.717) is 11.3 Å². The lowest BCUT2D eigenvalue weighted by Crippen LogP contribution is -2.46. The van der Waals surface area contributed by atoms with Crippen LogP contribution in [0.3, 0.4) is 0 Å². The number of benzene rings is 1. The van der Waals surface area contributed by atoms with E-state index in [4.69, 9.17) is 0 Å². The lowest BCUT2D eigenvalue weighted by molar-refractivity contribution is 0.241. The van der Waals surface area contributed by atoms with Crippen LogP contribution in [0.5, 0.6) is 0 Å². The topological polar surface area (TPSA) is 72.1 Å². The second-order valence-electron chi connectivity index (χ2n) is 7.97. The molecule has 0 radical (unpaired) electrons. The summed E-state index contributed by atoms with van der Waals surface area (Å²) in [6.45, 7) is 5.47. The van der Waals surface area contributed by atoms with Crippen molar-refractivity contribution in [3.05, 3.63) is 47.0 Å². The lowest BCUT2D eigenvalue weighted by Gasteiger charge is -2.35. The highest BCUT2D eigenvalue weighted by Gasteiger charge is 2.23. The smallest absolute Gasteiger partial charge is 0.261 e. The number of fused-ring (bicyclic) bond motifs is 1. The summed E-state index contributed by atoms with van der Waals surface area (Å²) in [6, 6.07) is 6.05. The standard InChI is InChI=1S/C20H25N7O/c1-24-14-22-23-19(24)12-25-6-8-26(9-7-25)16-4-5-17-18(10-16)21-13-27(20(17)28)11-15-2-3-15/h4-5,10,13-15H,2-3,6-9,11-12H2,1H3. The van der Waals surface area contributed by atoms with Crippen LogP contribution in [0, 0.1) is 5.92 Å². The van der Waals surface area contributed by atoms with Gasteiger partial charge in [0.25, 0.3) is 5.56 Å². The Balaban J connectivity index is 1.29. The summed E-state index contributed by atoms with van der Waals surface area (Å²) in [6.07, 6.45) is 5.91. The molecule has 0 bridgehead atoms. The molecule has 146 valence electrons. The largest absolute Gasteiger partial charge is 0.369 e.